The van der Waals surface area contributed by atoms with Gasteiger partial charge in [0.05, 0.1) is 5.69 Å². The smallest absolute Gasteiger partial charge is 0.264 e. The van der Waals surface area contributed by atoms with Gasteiger partial charge in [-0.3, -0.25) is 9.59 Å². The minimum atomic E-state index is -0.219. The molecule has 0 saturated carbocycles. The molecule has 0 spiro atoms. The van der Waals surface area contributed by atoms with E-state index in [1.54, 1.807) is 25.2 Å². The largest absolute Gasteiger partial charge is 0.482 e. The predicted octanol–water partition coefficient (Wildman–Crippen LogP) is 2.60. The fourth-order valence-corrected chi connectivity index (χ4v) is 2.32. The topological polar surface area (TPSA) is 58.6 Å². The summed E-state index contributed by atoms with van der Waals surface area (Å²) in [5, 5.41) is 2.88. The molecule has 112 valence electrons. The highest BCUT2D eigenvalue weighted by molar-refractivity contribution is 6.06. The fraction of sp³-hybridized carbons (Fsp3) is 0.176. The highest BCUT2D eigenvalue weighted by Gasteiger charge is 2.23. The maximum absolute atomic E-state index is 12.4. The van der Waals surface area contributed by atoms with Gasteiger partial charge in [-0.25, -0.2) is 0 Å². The van der Waals surface area contributed by atoms with E-state index in [1.165, 1.54) is 4.90 Å². The Bertz CT molecular complexity index is 755. The minimum Gasteiger partial charge on any atom is -0.482 e. The molecule has 5 heteroatoms. The molecule has 0 radical (unpaired) electrons. The van der Waals surface area contributed by atoms with Crippen LogP contribution in [0.15, 0.2) is 42.5 Å². The van der Waals surface area contributed by atoms with Crippen molar-refractivity contribution >= 4 is 23.2 Å². The number of fused-ring (bicyclic) bond motifs is 1. The molecule has 0 bridgehead atoms. The number of benzene rings is 2. The van der Waals surface area contributed by atoms with E-state index in [0.29, 0.717) is 17.0 Å². The van der Waals surface area contributed by atoms with E-state index in [4.69, 9.17) is 4.74 Å². The standard InChI is InChI=1S/C17H16N2O3/c1-11-5-3-4-6-13(11)18-17(21)12-7-8-15-14(9-12)19(2)16(20)10-22-15/h3-9H,10H2,1-2H3,(H,18,21). The lowest BCUT2D eigenvalue weighted by atomic mass is 10.1. The Morgan fingerprint density at radius 1 is 1.23 bits per heavy atom. The van der Waals surface area contributed by atoms with Crippen LogP contribution in [0.2, 0.25) is 0 Å². The second-order valence-electron chi connectivity index (χ2n) is 5.19. The third-order valence-electron chi connectivity index (χ3n) is 3.70. The van der Waals surface area contributed by atoms with Crippen molar-refractivity contribution in [1.82, 2.24) is 0 Å². The molecule has 2 aromatic carbocycles. The lowest BCUT2D eigenvalue weighted by molar-refractivity contribution is -0.120. The molecule has 0 fully saturated rings. The summed E-state index contributed by atoms with van der Waals surface area (Å²) in [6.07, 6.45) is 0. The van der Waals surface area contributed by atoms with E-state index in [1.807, 2.05) is 31.2 Å². The number of nitrogens with zero attached hydrogens (tertiary/aromatic N) is 1. The SMILES string of the molecule is Cc1ccccc1NC(=O)c1ccc2c(c1)N(C)C(=O)CO2. The van der Waals surface area contributed by atoms with Gasteiger partial charge < -0.3 is 15.0 Å². The van der Waals surface area contributed by atoms with Crippen molar-refractivity contribution in [3.05, 3.63) is 53.6 Å². The van der Waals surface area contributed by atoms with Crippen molar-refractivity contribution in [3.63, 3.8) is 0 Å². The van der Waals surface area contributed by atoms with Crippen molar-refractivity contribution in [2.24, 2.45) is 0 Å². The molecule has 0 atom stereocenters. The Hall–Kier alpha value is -2.82. The summed E-state index contributed by atoms with van der Waals surface area (Å²) >= 11 is 0. The highest BCUT2D eigenvalue weighted by Crippen LogP contribution is 2.32. The minimum absolute atomic E-state index is 0.0260. The van der Waals surface area contributed by atoms with Gasteiger partial charge in [0.25, 0.3) is 11.8 Å². The molecule has 0 aromatic heterocycles. The second kappa shape index (κ2) is 5.52. The van der Waals surface area contributed by atoms with E-state index >= 15 is 0 Å². The summed E-state index contributed by atoms with van der Waals surface area (Å²) in [5.74, 6) is 0.252. The van der Waals surface area contributed by atoms with Gasteiger partial charge in [0.1, 0.15) is 5.75 Å². The Labute approximate surface area is 128 Å². The van der Waals surface area contributed by atoms with Gasteiger partial charge in [-0.1, -0.05) is 18.2 Å². The van der Waals surface area contributed by atoms with Gasteiger partial charge in [-0.05, 0) is 36.8 Å². The predicted molar refractivity (Wildman–Crippen MR) is 84.5 cm³/mol. The Balaban J connectivity index is 1.88. The van der Waals surface area contributed by atoms with Gasteiger partial charge in [-0.15, -0.1) is 0 Å². The molecule has 22 heavy (non-hydrogen) atoms. The van der Waals surface area contributed by atoms with Crippen molar-refractivity contribution in [3.8, 4) is 5.75 Å². The van der Waals surface area contributed by atoms with Crippen LogP contribution in [-0.4, -0.2) is 25.5 Å². The quantitative estimate of drug-likeness (QED) is 0.926. The van der Waals surface area contributed by atoms with Crippen LogP contribution in [0, 0.1) is 6.92 Å². The van der Waals surface area contributed by atoms with Crippen molar-refractivity contribution in [2.45, 2.75) is 6.92 Å². The number of nitrogens with one attached hydrogen (secondary N) is 1. The van der Waals surface area contributed by atoms with Crippen LogP contribution in [0.4, 0.5) is 11.4 Å². The zero-order valence-electron chi connectivity index (χ0n) is 12.4. The van der Waals surface area contributed by atoms with Crippen molar-refractivity contribution in [2.75, 3.05) is 23.9 Å². The number of hydrogen-bond donors (Lipinski definition) is 1. The number of carbonyl (C=O) groups excluding carboxylic acids is 2. The Kier molecular flexibility index (Phi) is 3.55. The zero-order chi connectivity index (χ0) is 15.7. The first-order chi connectivity index (χ1) is 10.6. The number of amides is 2. The second-order valence-corrected chi connectivity index (χ2v) is 5.19. The van der Waals surface area contributed by atoms with Crippen LogP contribution in [-0.2, 0) is 4.79 Å². The Morgan fingerprint density at radius 2 is 2.00 bits per heavy atom. The van der Waals surface area contributed by atoms with Gasteiger partial charge >= 0.3 is 0 Å². The van der Waals surface area contributed by atoms with Crippen LogP contribution in [0.25, 0.3) is 0 Å². The van der Waals surface area contributed by atoms with E-state index < -0.39 is 0 Å². The summed E-state index contributed by atoms with van der Waals surface area (Å²) in [5.41, 5.74) is 2.84. The molecule has 2 amide bonds. The van der Waals surface area contributed by atoms with Crippen molar-refractivity contribution in [1.29, 1.82) is 0 Å². The number of anilines is 2. The zero-order valence-corrected chi connectivity index (χ0v) is 12.4. The molecule has 2 aromatic rings. The van der Waals surface area contributed by atoms with Gasteiger partial charge in [0, 0.05) is 18.3 Å². The molecular formula is C17H16N2O3. The molecule has 1 N–H and O–H groups in total. The van der Waals surface area contributed by atoms with Crippen molar-refractivity contribution < 1.29 is 14.3 Å². The summed E-state index contributed by atoms with van der Waals surface area (Å²) in [6.45, 7) is 1.96. The highest BCUT2D eigenvalue weighted by atomic mass is 16.5. The van der Waals surface area contributed by atoms with Gasteiger partial charge in [-0.2, -0.15) is 0 Å². The fourth-order valence-electron chi connectivity index (χ4n) is 2.32. The van der Waals surface area contributed by atoms with Crippen LogP contribution < -0.4 is 15.0 Å². The number of para-hydroxylation sites is 1. The molecular weight excluding hydrogens is 280 g/mol. The van der Waals surface area contributed by atoms with Crippen LogP contribution in [0.1, 0.15) is 15.9 Å². The van der Waals surface area contributed by atoms with E-state index in [2.05, 4.69) is 5.32 Å². The summed E-state index contributed by atoms with van der Waals surface area (Å²) < 4.78 is 5.36. The number of carbonyl (C=O) groups is 2. The molecule has 0 saturated heterocycles. The molecule has 0 aliphatic carbocycles. The molecule has 3 rings (SSSR count). The van der Waals surface area contributed by atoms with Gasteiger partial charge in [0.2, 0.25) is 0 Å². The summed E-state index contributed by atoms with van der Waals surface area (Å²) in [4.78, 5) is 25.6. The molecule has 0 unspecified atom stereocenters. The average molecular weight is 296 g/mol. The number of rotatable bonds is 2. The Morgan fingerprint density at radius 3 is 2.77 bits per heavy atom. The molecule has 1 aliphatic rings. The first-order valence-electron chi connectivity index (χ1n) is 6.96. The average Bonchev–Trinajstić information content (AvgIpc) is 2.53. The van der Waals surface area contributed by atoms with E-state index in [9.17, 15) is 9.59 Å². The maximum atomic E-state index is 12.4. The maximum Gasteiger partial charge on any atom is 0.264 e. The van der Waals surface area contributed by atoms with E-state index in [-0.39, 0.29) is 18.4 Å². The number of aryl methyl sites for hydroxylation is 1. The van der Waals surface area contributed by atoms with Crippen LogP contribution >= 0.6 is 0 Å². The normalized spacial score (nSPS) is 13.4. The third kappa shape index (κ3) is 2.53. The first kappa shape index (κ1) is 14.1. The monoisotopic (exact) mass is 296 g/mol. The number of ether oxygens (including phenoxy) is 1. The van der Waals surface area contributed by atoms with Crippen LogP contribution in [0.5, 0.6) is 5.75 Å². The molecule has 5 nitrogen and oxygen atoms in total. The number of likely N-dealkylation sites (N-methyl/N-ethyl adjacent to an activating group) is 1. The lowest BCUT2D eigenvalue weighted by Gasteiger charge is -2.26. The summed E-state index contributed by atoms with van der Waals surface area (Å²) in [6, 6.07) is 12.6. The third-order valence-corrected chi connectivity index (χ3v) is 3.70. The van der Waals surface area contributed by atoms with E-state index in [0.717, 1.165) is 11.3 Å². The summed E-state index contributed by atoms with van der Waals surface area (Å²) in [7, 11) is 1.67. The molecule has 1 heterocycles. The van der Waals surface area contributed by atoms with Gasteiger partial charge in [0.15, 0.2) is 6.61 Å². The first-order valence-corrected chi connectivity index (χ1v) is 6.96. The van der Waals surface area contributed by atoms with Crippen LogP contribution in [0.3, 0.4) is 0 Å². The lowest BCUT2D eigenvalue weighted by Crippen LogP contribution is -2.35. The number of hydrogen-bond acceptors (Lipinski definition) is 3. The molecule has 1 aliphatic heterocycles.